The van der Waals surface area contributed by atoms with Crippen LogP contribution in [0.5, 0.6) is 11.5 Å². The average Bonchev–Trinajstić information content (AvgIpc) is 2.71. The highest BCUT2D eigenvalue weighted by molar-refractivity contribution is 5.87. The molecule has 1 aromatic rings. The number of unbranched alkanes of at least 4 members (excludes halogenated alkanes) is 2. The summed E-state index contributed by atoms with van der Waals surface area (Å²) < 4.78 is 16.1. The Balaban J connectivity index is 1.82. The van der Waals surface area contributed by atoms with Crippen LogP contribution in [0.2, 0.25) is 0 Å². The molecule has 0 amide bonds. The molecule has 1 saturated carbocycles. The van der Waals surface area contributed by atoms with Gasteiger partial charge >= 0.3 is 5.97 Å². The molecule has 0 atom stereocenters. The molecule has 27 heavy (non-hydrogen) atoms. The standard InChI is InChI=1S/C23H34O4/c1-4-5-6-7-18-8-10-20(11-9-18)17-27-21-14-12-19(16-22(21)25-2)13-15-23(24)26-3/h12-16,18,20H,4-11,17H2,1-3H3. The maximum absolute atomic E-state index is 11.2. The summed E-state index contributed by atoms with van der Waals surface area (Å²) >= 11 is 0. The second-order valence-corrected chi connectivity index (χ2v) is 7.46. The van der Waals surface area contributed by atoms with Crippen LogP contribution in [-0.4, -0.2) is 26.8 Å². The van der Waals surface area contributed by atoms with Gasteiger partial charge in [-0.05, 0) is 48.4 Å². The summed E-state index contributed by atoms with van der Waals surface area (Å²) in [5.74, 6) is 2.63. The molecule has 0 spiro atoms. The number of rotatable bonds is 10. The molecule has 1 fully saturated rings. The largest absolute Gasteiger partial charge is 0.493 e. The van der Waals surface area contributed by atoms with E-state index in [0.29, 0.717) is 11.7 Å². The summed E-state index contributed by atoms with van der Waals surface area (Å²) in [6.45, 7) is 3.01. The first-order valence-corrected chi connectivity index (χ1v) is 10.2. The highest BCUT2D eigenvalue weighted by atomic mass is 16.5. The molecule has 0 heterocycles. The fourth-order valence-corrected chi connectivity index (χ4v) is 3.72. The van der Waals surface area contributed by atoms with Gasteiger partial charge in [0.15, 0.2) is 11.5 Å². The molecule has 1 aromatic carbocycles. The molecular weight excluding hydrogens is 340 g/mol. The zero-order valence-electron chi connectivity index (χ0n) is 17.0. The molecule has 0 unspecified atom stereocenters. The maximum Gasteiger partial charge on any atom is 0.330 e. The van der Waals surface area contributed by atoms with E-state index < -0.39 is 0 Å². The number of carbonyl (C=O) groups excluding carboxylic acids is 1. The van der Waals surface area contributed by atoms with Gasteiger partial charge in [-0.25, -0.2) is 4.79 Å². The predicted molar refractivity (Wildman–Crippen MR) is 109 cm³/mol. The van der Waals surface area contributed by atoms with E-state index >= 15 is 0 Å². The summed E-state index contributed by atoms with van der Waals surface area (Å²) in [6.07, 6.45) is 13.8. The van der Waals surface area contributed by atoms with Crippen LogP contribution in [0.3, 0.4) is 0 Å². The molecule has 0 bridgehead atoms. The highest BCUT2D eigenvalue weighted by Gasteiger charge is 2.21. The zero-order valence-corrected chi connectivity index (χ0v) is 17.0. The summed E-state index contributed by atoms with van der Waals surface area (Å²) in [5, 5.41) is 0. The van der Waals surface area contributed by atoms with Crippen molar-refractivity contribution in [3.63, 3.8) is 0 Å². The molecule has 4 nitrogen and oxygen atoms in total. The number of esters is 1. The maximum atomic E-state index is 11.2. The van der Waals surface area contributed by atoms with Crippen LogP contribution in [0.25, 0.3) is 6.08 Å². The Morgan fingerprint density at radius 2 is 1.81 bits per heavy atom. The van der Waals surface area contributed by atoms with Gasteiger partial charge in [-0.15, -0.1) is 0 Å². The number of ether oxygens (including phenoxy) is 3. The zero-order chi connectivity index (χ0) is 19.5. The fraction of sp³-hybridized carbons (Fsp3) is 0.609. The van der Waals surface area contributed by atoms with Crippen molar-refractivity contribution < 1.29 is 19.0 Å². The lowest BCUT2D eigenvalue weighted by Crippen LogP contribution is -2.20. The minimum atomic E-state index is -0.375. The van der Waals surface area contributed by atoms with Gasteiger partial charge in [0.2, 0.25) is 0 Å². The molecule has 150 valence electrons. The van der Waals surface area contributed by atoms with Gasteiger partial charge in [0.1, 0.15) is 0 Å². The first kappa shape index (κ1) is 21.3. The topological polar surface area (TPSA) is 44.8 Å². The molecule has 0 N–H and O–H groups in total. The van der Waals surface area contributed by atoms with Crippen molar-refractivity contribution in [2.75, 3.05) is 20.8 Å². The van der Waals surface area contributed by atoms with E-state index in [9.17, 15) is 4.79 Å². The van der Waals surface area contributed by atoms with Crippen LogP contribution in [0.15, 0.2) is 24.3 Å². The van der Waals surface area contributed by atoms with Crippen molar-refractivity contribution in [3.05, 3.63) is 29.8 Å². The van der Waals surface area contributed by atoms with Crippen molar-refractivity contribution in [3.8, 4) is 11.5 Å². The number of hydrogen-bond acceptors (Lipinski definition) is 4. The number of methoxy groups -OCH3 is 2. The highest BCUT2D eigenvalue weighted by Crippen LogP contribution is 2.34. The van der Waals surface area contributed by atoms with Crippen LogP contribution in [-0.2, 0) is 9.53 Å². The Morgan fingerprint density at radius 3 is 2.48 bits per heavy atom. The lowest BCUT2D eigenvalue weighted by Gasteiger charge is -2.28. The van der Waals surface area contributed by atoms with E-state index in [1.165, 1.54) is 64.6 Å². The minimum Gasteiger partial charge on any atom is -0.493 e. The van der Waals surface area contributed by atoms with Gasteiger partial charge in [-0.1, -0.05) is 51.5 Å². The third-order valence-corrected chi connectivity index (χ3v) is 5.46. The third kappa shape index (κ3) is 7.28. The van der Waals surface area contributed by atoms with Crippen LogP contribution in [0.4, 0.5) is 0 Å². The van der Waals surface area contributed by atoms with Gasteiger partial charge in [-0.3, -0.25) is 0 Å². The molecular formula is C23H34O4. The van der Waals surface area contributed by atoms with Gasteiger partial charge < -0.3 is 14.2 Å². The molecule has 0 aromatic heterocycles. The number of hydrogen-bond donors (Lipinski definition) is 0. The van der Waals surface area contributed by atoms with Crippen molar-refractivity contribution in [1.82, 2.24) is 0 Å². The lowest BCUT2D eigenvalue weighted by atomic mass is 9.80. The van der Waals surface area contributed by atoms with Gasteiger partial charge in [-0.2, -0.15) is 0 Å². The Bertz CT molecular complexity index is 600. The van der Waals surface area contributed by atoms with Gasteiger partial charge in [0.05, 0.1) is 20.8 Å². The third-order valence-electron chi connectivity index (χ3n) is 5.46. The monoisotopic (exact) mass is 374 g/mol. The Morgan fingerprint density at radius 1 is 1.07 bits per heavy atom. The van der Waals surface area contributed by atoms with E-state index in [1.54, 1.807) is 13.2 Å². The van der Waals surface area contributed by atoms with Crippen molar-refractivity contribution in [1.29, 1.82) is 0 Å². The molecule has 4 heteroatoms. The molecule has 1 aliphatic carbocycles. The average molecular weight is 375 g/mol. The van der Waals surface area contributed by atoms with Crippen LogP contribution >= 0.6 is 0 Å². The summed E-state index contributed by atoms with van der Waals surface area (Å²) in [5.41, 5.74) is 0.872. The summed E-state index contributed by atoms with van der Waals surface area (Å²) in [4.78, 5) is 11.2. The smallest absolute Gasteiger partial charge is 0.330 e. The SMILES string of the molecule is CCCCCC1CCC(COc2ccc(C=CC(=O)OC)cc2OC)CC1. The van der Waals surface area contributed by atoms with Crippen molar-refractivity contribution in [2.24, 2.45) is 11.8 Å². The first-order chi connectivity index (χ1) is 13.2. The number of carbonyl (C=O) groups is 1. The van der Waals surface area contributed by atoms with Crippen molar-refractivity contribution in [2.45, 2.75) is 58.3 Å². The van der Waals surface area contributed by atoms with Crippen LogP contribution in [0, 0.1) is 11.8 Å². The van der Waals surface area contributed by atoms with Crippen LogP contribution < -0.4 is 9.47 Å². The molecule has 1 aliphatic rings. The molecule has 0 saturated heterocycles. The van der Waals surface area contributed by atoms with E-state index in [4.69, 9.17) is 9.47 Å². The Kier molecular flexibility index (Phi) is 9.23. The lowest BCUT2D eigenvalue weighted by molar-refractivity contribution is -0.134. The molecule has 0 aliphatic heterocycles. The Hall–Kier alpha value is -1.97. The summed E-state index contributed by atoms with van der Waals surface area (Å²) in [6, 6.07) is 5.70. The van der Waals surface area contributed by atoms with E-state index in [1.807, 2.05) is 18.2 Å². The van der Waals surface area contributed by atoms with Gasteiger partial charge in [0.25, 0.3) is 0 Å². The van der Waals surface area contributed by atoms with E-state index in [0.717, 1.165) is 23.8 Å². The van der Waals surface area contributed by atoms with Crippen LogP contribution in [0.1, 0.15) is 63.9 Å². The van der Waals surface area contributed by atoms with E-state index in [2.05, 4.69) is 11.7 Å². The quantitative estimate of drug-likeness (QED) is 0.302. The van der Waals surface area contributed by atoms with E-state index in [-0.39, 0.29) is 5.97 Å². The van der Waals surface area contributed by atoms with Crippen molar-refractivity contribution >= 4 is 12.0 Å². The predicted octanol–water partition coefficient (Wildman–Crippen LogP) is 5.65. The van der Waals surface area contributed by atoms with Gasteiger partial charge in [0, 0.05) is 6.08 Å². The molecule has 0 radical (unpaired) electrons. The first-order valence-electron chi connectivity index (χ1n) is 10.2. The summed E-state index contributed by atoms with van der Waals surface area (Å²) in [7, 11) is 3.00. The molecule has 2 rings (SSSR count). The Labute approximate surface area is 163 Å². The fourth-order valence-electron chi connectivity index (χ4n) is 3.72. The number of benzene rings is 1. The second-order valence-electron chi connectivity index (χ2n) is 7.46. The minimum absolute atomic E-state index is 0.375. The second kappa shape index (κ2) is 11.7. The normalized spacial score (nSPS) is 19.8.